The van der Waals surface area contributed by atoms with E-state index in [0.717, 1.165) is 42.6 Å². The predicted molar refractivity (Wildman–Crippen MR) is 90.6 cm³/mol. The van der Waals surface area contributed by atoms with E-state index in [0.29, 0.717) is 13.1 Å². The van der Waals surface area contributed by atoms with Gasteiger partial charge in [-0.3, -0.25) is 0 Å². The molecule has 0 spiro atoms. The third-order valence-electron chi connectivity index (χ3n) is 4.81. The molecule has 5 heteroatoms. The van der Waals surface area contributed by atoms with Crippen LogP contribution in [0.25, 0.3) is 0 Å². The number of amides is 2. The number of methoxy groups -OCH3 is 1. The van der Waals surface area contributed by atoms with Crippen LogP contribution in [0, 0.1) is 12.3 Å². The van der Waals surface area contributed by atoms with E-state index in [9.17, 15) is 9.90 Å². The summed E-state index contributed by atoms with van der Waals surface area (Å²) in [5.41, 5.74) is 1.84. The minimum absolute atomic E-state index is 0.216. The van der Waals surface area contributed by atoms with Crippen LogP contribution in [-0.2, 0) is 6.54 Å². The highest BCUT2D eigenvalue weighted by Gasteiger charge is 2.35. The minimum Gasteiger partial charge on any atom is -0.496 e. The molecule has 128 valence electrons. The summed E-state index contributed by atoms with van der Waals surface area (Å²) in [4.78, 5) is 12.0. The number of benzene rings is 1. The molecule has 1 aromatic rings. The Morgan fingerprint density at radius 1 is 1.39 bits per heavy atom. The molecule has 23 heavy (non-hydrogen) atoms. The van der Waals surface area contributed by atoms with Crippen molar-refractivity contribution in [2.45, 2.75) is 52.2 Å². The number of nitrogens with one attached hydrogen (secondary N) is 2. The molecule has 0 saturated heterocycles. The zero-order valence-electron chi connectivity index (χ0n) is 14.3. The van der Waals surface area contributed by atoms with Crippen LogP contribution in [0.2, 0.25) is 0 Å². The van der Waals surface area contributed by atoms with E-state index in [2.05, 4.69) is 10.6 Å². The molecule has 0 aliphatic heterocycles. The van der Waals surface area contributed by atoms with Gasteiger partial charge in [-0.25, -0.2) is 4.79 Å². The molecule has 2 atom stereocenters. The van der Waals surface area contributed by atoms with Gasteiger partial charge in [0.2, 0.25) is 0 Å². The molecular weight excluding hydrogens is 292 g/mol. The summed E-state index contributed by atoms with van der Waals surface area (Å²) in [7, 11) is 1.63. The predicted octanol–water partition coefficient (Wildman–Crippen LogP) is 2.74. The van der Waals surface area contributed by atoms with Crippen LogP contribution in [0.3, 0.4) is 0 Å². The highest BCUT2D eigenvalue weighted by atomic mass is 16.5. The third kappa shape index (κ3) is 4.61. The standard InChI is InChI=1S/C18H28N2O3/c1-13-7-8-14(15(10-13)23-3)11-19-17(22)20-12-18(2)9-5-4-6-16(18)21/h7-8,10,16,21H,4-6,9,11-12H2,1-3H3,(H2,19,20,22). The Balaban J connectivity index is 1.83. The SMILES string of the molecule is COc1cc(C)ccc1CNC(=O)NCC1(C)CCCCC1O. The topological polar surface area (TPSA) is 70.6 Å². The van der Waals surface area contributed by atoms with E-state index in [1.807, 2.05) is 32.0 Å². The van der Waals surface area contributed by atoms with Crippen molar-refractivity contribution in [2.75, 3.05) is 13.7 Å². The van der Waals surface area contributed by atoms with E-state index < -0.39 is 0 Å². The summed E-state index contributed by atoms with van der Waals surface area (Å²) in [5, 5.41) is 15.9. The average molecular weight is 320 g/mol. The van der Waals surface area contributed by atoms with Crippen molar-refractivity contribution in [1.29, 1.82) is 0 Å². The second-order valence-electron chi connectivity index (χ2n) is 6.77. The van der Waals surface area contributed by atoms with Gasteiger partial charge in [0.25, 0.3) is 0 Å². The molecule has 2 amide bonds. The van der Waals surface area contributed by atoms with Crippen molar-refractivity contribution in [2.24, 2.45) is 5.41 Å². The highest BCUT2D eigenvalue weighted by molar-refractivity contribution is 5.74. The van der Waals surface area contributed by atoms with E-state index in [-0.39, 0.29) is 17.6 Å². The maximum atomic E-state index is 12.0. The number of aryl methyl sites for hydroxylation is 1. The van der Waals surface area contributed by atoms with Crippen LogP contribution in [0.5, 0.6) is 5.75 Å². The van der Waals surface area contributed by atoms with Crippen LogP contribution in [-0.4, -0.2) is 30.9 Å². The van der Waals surface area contributed by atoms with Gasteiger partial charge in [0, 0.05) is 24.1 Å². The lowest BCUT2D eigenvalue weighted by Gasteiger charge is -2.38. The van der Waals surface area contributed by atoms with E-state index in [4.69, 9.17) is 4.74 Å². The molecule has 5 nitrogen and oxygen atoms in total. The van der Waals surface area contributed by atoms with E-state index >= 15 is 0 Å². The van der Waals surface area contributed by atoms with Gasteiger partial charge in [0.05, 0.1) is 13.2 Å². The number of carbonyl (C=O) groups excluding carboxylic acids is 1. The number of aliphatic hydroxyl groups is 1. The first kappa shape index (κ1) is 17.6. The smallest absolute Gasteiger partial charge is 0.315 e. The Hall–Kier alpha value is -1.75. The third-order valence-corrected chi connectivity index (χ3v) is 4.81. The molecule has 0 heterocycles. The van der Waals surface area contributed by atoms with Gasteiger partial charge in [-0.15, -0.1) is 0 Å². The zero-order valence-corrected chi connectivity index (χ0v) is 14.3. The zero-order chi connectivity index (χ0) is 16.9. The maximum Gasteiger partial charge on any atom is 0.315 e. The van der Waals surface area contributed by atoms with Gasteiger partial charge in [0.1, 0.15) is 5.75 Å². The van der Waals surface area contributed by atoms with Crippen molar-refractivity contribution in [3.63, 3.8) is 0 Å². The lowest BCUT2D eigenvalue weighted by atomic mass is 9.73. The number of hydrogen-bond donors (Lipinski definition) is 3. The molecule has 1 aliphatic rings. The fourth-order valence-corrected chi connectivity index (χ4v) is 3.11. The van der Waals surface area contributed by atoms with Gasteiger partial charge in [-0.05, 0) is 31.4 Å². The number of ether oxygens (including phenoxy) is 1. The number of hydrogen-bond acceptors (Lipinski definition) is 3. The Labute approximate surface area is 138 Å². The quantitative estimate of drug-likeness (QED) is 0.781. The van der Waals surface area contributed by atoms with Gasteiger partial charge in [-0.2, -0.15) is 0 Å². The number of rotatable bonds is 5. The fraction of sp³-hybridized carbons (Fsp3) is 0.611. The Morgan fingerprint density at radius 3 is 2.87 bits per heavy atom. The molecule has 1 saturated carbocycles. The molecule has 0 bridgehead atoms. The van der Waals surface area contributed by atoms with Gasteiger partial charge < -0.3 is 20.5 Å². The first-order valence-corrected chi connectivity index (χ1v) is 8.28. The summed E-state index contributed by atoms with van der Waals surface area (Å²) in [6.45, 7) is 4.95. The second-order valence-corrected chi connectivity index (χ2v) is 6.77. The highest BCUT2D eigenvalue weighted by Crippen LogP contribution is 2.35. The maximum absolute atomic E-state index is 12.0. The summed E-state index contributed by atoms with van der Waals surface area (Å²) >= 11 is 0. The lowest BCUT2D eigenvalue weighted by Crippen LogP contribution is -2.47. The van der Waals surface area contributed by atoms with E-state index in [1.165, 1.54) is 0 Å². The summed E-state index contributed by atoms with van der Waals surface area (Å²) in [5.74, 6) is 0.778. The van der Waals surface area contributed by atoms with Crippen LogP contribution >= 0.6 is 0 Å². The van der Waals surface area contributed by atoms with Crippen molar-refractivity contribution in [1.82, 2.24) is 10.6 Å². The number of carbonyl (C=O) groups is 1. The molecule has 3 N–H and O–H groups in total. The second kappa shape index (κ2) is 7.68. The molecule has 0 aromatic heterocycles. The minimum atomic E-state index is -0.339. The normalized spacial score (nSPS) is 24.1. The Kier molecular flexibility index (Phi) is 5.88. The molecule has 0 radical (unpaired) electrons. The molecule has 2 unspecified atom stereocenters. The molecule has 1 fully saturated rings. The Morgan fingerprint density at radius 2 is 2.17 bits per heavy atom. The molecule has 1 aromatic carbocycles. The lowest BCUT2D eigenvalue weighted by molar-refractivity contribution is 0.00309. The first-order valence-electron chi connectivity index (χ1n) is 8.28. The number of urea groups is 1. The fourth-order valence-electron chi connectivity index (χ4n) is 3.11. The van der Waals surface area contributed by atoms with Crippen molar-refractivity contribution < 1.29 is 14.6 Å². The Bertz CT molecular complexity index is 547. The van der Waals surface area contributed by atoms with Gasteiger partial charge in [-0.1, -0.05) is 31.9 Å². The largest absolute Gasteiger partial charge is 0.496 e. The van der Waals surface area contributed by atoms with E-state index in [1.54, 1.807) is 7.11 Å². The molecule has 1 aliphatic carbocycles. The van der Waals surface area contributed by atoms with Gasteiger partial charge >= 0.3 is 6.03 Å². The molecule has 2 rings (SSSR count). The summed E-state index contributed by atoms with van der Waals surface area (Å²) < 4.78 is 5.34. The van der Waals surface area contributed by atoms with Crippen LogP contribution in [0.15, 0.2) is 18.2 Å². The van der Waals surface area contributed by atoms with Crippen LogP contribution in [0.4, 0.5) is 4.79 Å². The van der Waals surface area contributed by atoms with Crippen LogP contribution in [0.1, 0.15) is 43.7 Å². The van der Waals surface area contributed by atoms with Crippen LogP contribution < -0.4 is 15.4 Å². The molecular formula is C18H28N2O3. The summed E-state index contributed by atoms with van der Waals surface area (Å²) in [6.07, 6.45) is 3.60. The summed E-state index contributed by atoms with van der Waals surface area (Å²) in [6, 6.07) is 5.69. The van der Waals surface area contributed by atoms with Crippen molar-refractivity contribution in [3.8, 4) is 5.75 Å². The van der Waals surface area contributed by atoms with Gasteiger partial charge in [0.15, 0.2) is 0 Å². The van der Waals surface area contributed by atoms with Crippen molar-refractivity contribution in [3.05, 3.63) is 29.3 Å². The van der Waals surface area contributed by atoms with Crippen molar-refractivity contribution >= 4 is 6.03 Å². The number of aliphatic hydroxyl groups excluding tert-OH is 1. The average Bonchev–Trinajstić information content (AvgIpc) is 2.54. The monoisotopic (exact) mass is 320 g/mol. The first-order chi connectivity index (χ1) is 10.9.